The van der Waals surface area contributed by atoms with Crippen LogP contribution in [0.5, 0.6) is 0 Å². The molecule has 0 unspecified atom stereocenters. The minimum absolute atomic E-state index is 0.0606. The van der Waals surface area contributed by atoms with Crippen LogP contribution in [0, 0.1) is 5.41 Å². The molecule has 1 aliphatic carbocycles. The second-order valence-electron chi connectivity index (χ2n) is 9.91. The van der Waals surface area contributed by atoms with Gasteiger partial charge in [0.05, 0.1) is 24.0 Å². The van der Waals surface area contributed by atoms with Gasteiger partial charge in [-0.2, -0.15) is 5.10 Å². The molecule has 11 heteroatoms. The van der Waals surface area contributed by atoms with Crippen LogP contribution in [0.4, 0.5) is 17.5 Å². The van der Waals surface area contributed by atoms with Gasteiger partial charge in [-0.3, -0.25) is 4.68 Å². The molecule has 1 aliphatic heterocycles. The lowest BCUT2D eigenvalue weighted by molar-refractivity contribution is 0.186. The molecule has 0 radical (unpaired) electrons. The van der Waals surface area contributed by atoms with E-state index >= 15 is 0 Å². The van der Waals surface area contributed by atoms with Crippen LogP contribution in [0.15, 0.2) is 64.9 Å². The van der Waals surface area contributed by atoms with Gasteiger partial charge >= 0.3 is 0 Å². The monoisotopic (exact) mass is 548 g/mol. The summed E-state index contributed by atoms with van der Waals surface area (Å²) in [5, 5.41) is 18.7. The summed E-state index contributed by atoms with van der Waals surface area (Å²) in [5.74, 6) is 2.19. The molecule has 4 heterocycles. The van der Waals surface area contributed by atoms with Gasteiger partial charge in [-0.1, -0.05) is 47.6 Å². The Morgan fingerprint density at radius 3 is 2.74 bits per heavy atom. The van der Waals surface area contributed by atoms with Crippen molar-refractivity contribution >= 4 is 40.8 Å². The first-order chi connectivity index (χ1) is 18.5. The smallest absolute Gasteiger partial charge is 0.152 e. The predicted octanol–water partition coefficient (Wildman–Crippen LogP) is 4.49. The van der Waals surface area contributed by atoms with Crippen molar-refractivity contribution < 1.29 is 5.11 Å². The number of anilines is 3. The van der Waals surface area contributed by atoms with E-state index in [9.17, 15) is 5.11 Å². The van der Waals surface area contributed by atoms with Crippen LogP contribution < -0.4 is 16.0 Å². The third-order valence-corrected chi connectivity index (χ3v) is 9.09. The summed E-state index contributed by atoms with van der Waals surface area (Å²) in [7, 11) is 1.85. The molecule has 1 fully saturated rings. The van der Waals surface area contributed by atoms with Crippen LogP contribution >= 0.6 is 23.4 Å². The second kappa shape index (κ2) is 10.2. The molecule has 2 aliphatic rings. The van der Waals surface area contributed by atoms with Crippen LogP contribution in [-0.4, -0.2) is 42.9 Å². The maximum Gasteiger partial charge on any atom is 0.152 e. The van der Waals surface area contributed by atoms with Gasteiger partial charge < -0.3 is 21.1 Å². The van der Waals surface area contributed by atoms with Crippen molar-refractivity contribution in [2.45, 2.75) is 41.8 Å². The first-order valence-corrected chi connectivity index (χ1v) is 13.8. The fraction of sp³-hybridized carbons (Fsp3) is 0.333. The van der Waals surface area contributed by atoms with Crippen LogP contribution in [0.25, 0.3) is 0 Å². The highest BCUT2D eigenvalue weighted by Crippen LogP contribution is 2.51. The topological polar surface area (TPSA) is 118 Å². The zero-order valence-corrected chi connectivity index (χ0v) is 22.6. The minimum Gasteiger partial charge on any atom is -0.390 e. The number of aromatic nitrogens is 5. The summed E-state index contributed by atoms with van der Waals surface area (Å²) in [6.45, 7) is 1.46. The Morgan fingerprint density at radius 1 is 1.18 bits per heavy atom. The normalized spacial score (nSPS) is 18.1. The van der Waals surface area contributed by atoms with Gasteiger partial charge in [0, 0.05) is 43.3 Å². The van der Waals surface area contributed by atoms with Crippen LogP contribution in [-0.2, 0) is 20.1 Å². The first kappa shape index (κ1) is 25.1. The minimum atomic E-state index is -0.194. The summed E-state index contributed by atoms with van der Waals surface area (Å²) in [4.78, 5) is 16.8. The molecule has 1 saturated heterocycles. The Hall–Kier alpha value is -3.18. The highest BCUT2D eigenvalue weighted by molar-refractivity contribution is 7.99. The van der Waals surface area contributed by atoms with E-state index in [2.05, 4.69) is 44.6 Å². The maximum atomic E-state index is 10.2. The number of rotatable bonds is 6. The summed E-state index contributed by atoms with van der Waals surface area (Å²) < 4.78 is 1.72. The number of hydrogen-bond acceptors (Lipinski definition) is 9. The lowest BCUT2D eigenvalue weighted by atomic mass is 9.73. The Labute approximate surface area is 230 Å². The number of hydrogen-bond donors (Lipinski definition) is 3. The van der Waals surface area contributed by atoms with E-state index in [0.29, 0.717) is 21.6 Å². The molecule has 9 nitrogen and oxygen atoms in total. The van der Waals surface area contributed by atoms with Crippen molar-refractivity contribution in [2.24, 2.45) is 18.2 Å². The zero-order valence-electron chi connectivity index (χ0n) is 21.0. The van der Waals surface area contributed by atoms with E-state index < -0.39 is 0 Å². The highest BCUT2D eigenvalue weighted by atomic mass is 35.5. The molecular weight excluding hydrogens is 520 g/mol. The molecule has 0 bridgehead atoms. The Bertz CT molecular complexity index is 1470. The lowest BCUT2D eigenvalue weighted by Crippen LogP contribution is -2.45. The summed E-state index contributed by atoms with van der Waals surface area (Å²) in [6.07, 6.45) is 8.04. The molecule has 6 rings (SSSR count). The Morgan fingerprint density at radius 2 is 2.00 bits per heavy atom. The summed E-state index contributed by atoms with van der Waals surface area (Å²) in [6, 6.07) is 12.3. The number of aliphatic hydroxyl groups excluding tert-OH is 1. The van der Waals surface area contributed by atoms with Gasteiger partial charge in [-0.15, -0.1) is 0 Å². The van der Waals surface area contributed by atoms with Gasteiger partial charge in [0.25, 0.3) is 0 Å². The van der Waals surface area contributed by atoms with E-state index in [1.807, 2.05) is 19.2 Å². The van der Waals surface area contributed by atoms with E-state index in [1.165, 1.54) is 22.9 Å². The molecule has 4 N–H and O–H groups in total. The average molecular weight is 549 g/mol. The van der Waals surface area contributed by atoms with Crippen molar-refractivity contribution in [2.75, 3.05) is 23.3 Å². The lowest BCUT2D eigenvalue weighted by Gasteiger charge is -2.42. The molecule has 196 valence electrons. The first-order valence-electron chi connectivity index (χ1n) is 12.6. The van der Waals surface area contributed by atoms with Gasteiger partial charge in [-0.25, -0.2) is 15.0 Å². The third kappa shape index (κ3) is 4.62. The number of aryl methyl sites for hydroxylation is 1. The van der Waals surface area contributed by atoms with Gasteiger partial charge in [0.15, 0.2) is 5.82 Å². The van der Waals surface area contributed by atoms with Crippen LogP contribution in [0.3, 0.4) is 0 Å². The molecule has 3 aromatic heterocycles. The van der Waals surface area contributed by atoms with E-state index in [1.54, 1.807) is 23.3 Å². The molecule has 0 amide bonds. The molecule has 1 aromatic carbocycles. The standard InChI is InChI=1S/C27H29ClN8OS/c1-35-23(6-9-32-35)34-22-12-21(19(28)14-30-22)38-24-15-31-26(20(16-37)33-24)36-10-7-27(8-11-36)13-17-4-2-3-5-18(17)25(27)29/h2-6,9,12,14-15,25,37H,7-8,10-11,13,16,29H2,1H3,(H,30,34)/t25-/m1/s1. The Kier molecular flexibility index (Phi) is 6.73. The zero-order chi connectivity index (χ0) is 26.3. The van der Waals surface area contributed by atoms with Gasteiger partial charge in [-0.05, 0) is 41.9 Å². The van der Waals surface area contributed by atoms with E-state index in [-0.39, 0.29) is 18.1 Å². The maximum absolute atomic E-state index is 10.2. The number of pyridine rings is 1. The summed E-state index contributed by atoms with van der Waals surface area (Å²) in [5.41, 5.74) is 10.0. The molecule has 0 saturated carbocycles. The number of piperidine rings is 1. The number of benzene rings is 1. The fourth-order valence-corrected chi connectivity index (χ4v) is 6.63. The number of fused-ring (bicyclic) bond motifs is 1. The number of aliphatic hydroxyl groups is 1. The number of nitrogens with two attached hydrogens (primary N) is 1. The quantitative estimate of drug-likeness (QED) is 0.320. The van der Waals surface area contributed by atoms with Gasteiger partial charge in [0.1, 0.15) is 22.4 Å². The second-order valence-corrected chi connectivity index (χ2v) is 11.4. The van der Waals surface area contributed by atoms with Crippen molar-refractivity contribution in [3.63, 3.8) is 0 Å². The largest absolute Gasteiger partial charge is 0.390 e. The van der Waals surface area contributed by atoms with Crippen molar-refractivity contribution in [3.8, 4) is 0 Å². The number of halogens is 1. The van der Waals surface area contributed by atoms with Crippen LogP contribution in [0.2, 0.25) is 5.02 Å². The average Bonchev–Trinajstić information content (AvgIpc) is 3.46. The van der Waals surface area contributed by atoms with Crippen molar-refractivity contribution in [1.82, 2.24) is 24.7 Å². The van der Waals surface area contributed by atoms with Crippen molar-refractivity contribution in [1.29, 1.82) is 0 Å². The van der Waals surface area contributed by atoms with E-state index in [4.69, 9.17) is 27.3 Å². The fourth-order valence-electron chi connectivity index (χ4n) is 5.60. The van der Waals surface area contributed by atoms with Crippen molar-refractivity contribution in [3.05, 3.63) is 76.8 Å². The van der Waals surface area contributed by atoms with E-state index in [0.717, 1.165) is 48.9 Å². The Balaban J connectivity index is 1.17. The number of nitrogens with zero attached hydrogens (tertiary/aromatic N) is 6. The molecular formula is C27H29ClN8OS. The number of nitrogens with one attached hydrogen (secondary N) is 1. The predicted molar refractivity (Wildman–Crippen MR) is 149 cm³/mol. The van der Waals surface area contributed by atoms with Crippen LogP contribution in [0.1, 0.15) is 35.7 Å². The highest BCUT2D eigenvalue weighted by Gasteiger charge is 2.46. The summed E-state index contributed by atoms with van der Waals surface area (Å²) >= 11 is 7.83. The van der Waals surface area contributed by atoms with Gasteiger partial charge in [0.2, 0.25) is 0 Å². The third-order valence-electron chi connectivity index (χ3n) is 7.71. The molecule has 1 spiro atoms. The molecule has 1 atom stereocenters. The molecule has 38 heavy (non-hydrogen) atoms. The SMILES string of the molecule is Cn1nccc1Nc1cc(Sc2cnc(N3CCC4(CC3)Cc3ccccc3[C@H]4N)c(CO)n2)c(Cl)cn1. The molecule has 4 aromatic rings.